The predicted octanol–water partition coefficient (Wildman–Crippen LogP) is 3.75. The molecule has 200 valence electrons. The number of halogens is 3. The maximum Gasteiger partial charge on any atom is 0.291 e. The van der Waals surface area contributed by atoms with Crippen LogP contribution in [0.5, 0.6) is 0 Å². The van der Waals surface area contributed by atoms with Crippen LogP contribution in [0, 0.1) is 6.92 Å². The molecule has 5 rings (SSSR count). The molecule has 0 unspecified atom stereocenters. The number of nitrogens with zero attached hydrogens (tertiary/aromatic N) is 5. The van der Waals surface area contributed by atoms with Gasteiger partial charge in [0.05, 0.1) is 22.1 Å². The van der Waals surface area contributed by atoms with E-state index in [2.05, 4.69) is 30.2 Å². The fourth-order valence-corrected chi connectivity index (χ4v) is 6.89. The molecule has 1 aliphatic heterocycles. The third kappa shape index (κ3) is 5.29. The Morgan fingerprint density at radius 2 is 1.95 bits per heavy atom. The van der Waals surface area contributed by atoms with Crippen molar-refractivity contribution in [2.75, 3.05) is 24.7 Å². The van der Waals surface area contributed by atoms with Crippen LogP contribution in [0.1, 0.15) is 50.9 Å². The molecule has 1 saturated carbocycles. The number of alkyl halides is 3. The molecule has 3 aromatic rings. The van der Waals surface area contributed by atoms with Crippen LogP contribution in [-0.2, 0) is 10.0 Å². The predicted molar refractivity (Wildman–Crippen MR) is 135 cm³/mol. The number of piperazine rings is 1. The number of benzene rings is 1. The second-order valence-corrected chi connectivity index (χ2v) is 13.3. The first-order valence-electron chi connectivity index (χ1n) is 11.9. The fourth-order valence-electron chi connectivity index (χ4n) is 4.67. The van der Waals surface area contributed by atoms with Crippen molar-refractivity contribution in [2.45, 2.75) is 69.0 Å². The van der Waals surface area contributed by atoms with E-state index >= 15 is 0 Å². The molecule has 1 saturated heterocycles. The summed E-state index contributed by atoms with van der Waals surface area (Å²) >= 11 is 0.695. The third-order valence-corrected chi connectivity index (χ3v) is 9.09. The SMILES string of the molecule is Cc1nc(-c2nnc(C(F)F)s2)c2cc(S(=O)(=O)NC3(C)CC3)cc(N3C[C@H](CF)NC(C)(C)C3)c2n1. The number of fused-ring (bicyclic) bond motifs is 1. The summed E-state index contributed by atoms with van der Waals surface area (Å²) < 4.78 is 70.0. The van der Waals surface area contributed by atoms with Crippen molar-refractivity contribution in [1.82, 2.24) is 30.2 Å². The minimum Gasteiger partial charge on any atom is -0.366 e. The van der Waals surface area contributed by atoms with Crippen molar-refractivity contribution in [3.05, 3.63) is 23.0 Å². The van der Waals surface area contributed by atoms with Gasteiger partial charge in [0.25, 0.3) is 6.43 Å². The van der Waals surface area contributed by atoms with E-state index in [-0.39, 0.29) is 22.1 Å². The molecule has 2 N–H and O–H groups in total. The van der Waals surface area contributed by atoms with Crippen LogP contribution in [0.3, 0.4) is 0 Å². The van der Waals surface area contributed by atoms with Gasteiger partial charge in [0.2, 0.25) is 10.0 Å². The summed E-state index contributed by atoms with van der Waals surface area (Å²) in [6.07, 6.45) is -1.34. The highest BCUT2D eigenvalue weighted by Crippen LogP contribution is 2.40. The highest BCUT2D eigenvalue weighted by Gasteiger charge is 2.42. The van der Waals surface area contributed by atoms with E-state index in [1.54, 1.807) is 13.0 Å². The molecule has 0 radical (unpaired) electrons. The van der Waals surface area contributed by atoms with E-state index in [1.165, 1.54) is 6.07 Å². The zero-order valence-electron chi connectivity index (χ0n) is 20.8. The number of anilines is 1. The van der Waals surface area contributed by atoms with Gasteiger partial charge in [-0.1, -0.05) is 11.3 Å². The number of rotatable bonds is 7. The minimum atomic E-state index is -3.95. The fraction of sp³-hybridized carbons (Fsp3) is 0.565. The smallest absolute Gasteiger partial charge is 0.291 e. The van der Waals surface area contributed by atoms with E-state index in [0.29, 0.717) is 40.3 Å². The van der Waals surface area contributed by atoms with Gasteiger partial charge in [0.1, 0.15) is 18.2 Å². The molecule has 37 heavy (non-hydrogen) atoms. The molecule has 3 heterocycles. The van der Waals surface area contributed by atoms with E-state index in [9.17, 15) is 21.6 Å². The zero-order valence-corrected chi connectivity index (χ0v) is 22.5. The Hall–Kier alpha value is -2.42. The number of aryl methyl sites for hydroxylation is 1. The van der Waals surface area contributed by atoms with Crippen LogP contribution in [0.25, 0.3) is 21.6 Å². The monoisotopic (exact) mass is 555 g/mol. The standard InChI is InChI=1S/C23H28F3N7O2S2/c1-12-27-17-15(18(28-12)20-30-31-21(36-20)19(25)26)7-14(37(34,35)32-23(4)5-6-23)8-16(17)33-10-13(9-24)29-22(2,3)11-33/h7-8,13,19,29,32H,5-6,9-11H2,1-4H3/t13-/m0/s1. The Labute approximate surface area is 217 Å². The van der Waals surface area contributed by atoms with Crippen molar-refractivity contribution in [3.8, 4) is 10.7 Å². The van der Waals surface area contributed by atoms with Crippen LogP contribution in [0.4, 0.5) is 18.9 Å². The quantitative estimate of drug-likeness (QED) is 0.453. The van der Waals surface area contributed by atoms with Crippen LogP contribution in [-0.4, -0.2) is 65.5 Å². The molecular weight excluding hydrogens is 527 g/mol. The number of sulfonamides is 1. The van der Waals surface area contributed by atoms with Gasteiger partial charge in [-0.25, -0.2) is 36.3 Å². The maximum absolute atomic E-state index is 13.8. The summed E-state index contributed by atoms with van der Waals surface area (Å²) in [4.78, 5) is 11.0. The second kappa shape index (κ2) is 9.10. The van der Waals surface area contributed by atoms with Gasteiger partial charge in [-0.3, -0.25) is 0 Å². The minimum absolute atomic E-state index is 0.0106. The van der Waals surface area contributed by atoms with Crippen LogP contribution < -0.4 is 14.9 Å². The second-order valence-electron chi connectivity index (χ2n) is 10.6. The lowest BCUT2D eigenvalue weighted by molar-refractivity contribution is 0.150. The van der Waals surface area contributed by atoms with E-state index in [4.69, 9.17) is 0 Å². The summed E-state index contributed by atoms with van der Waals surface area (Å²) in [5.74, 6) is 0.355. The first-order chi connectivity index (χ1) is 17.3. The van der Waals surface area contributed by atoms with Gasteiger partial charge >= 0.3 is 0 Å². The van der Waals surface area contributed by atoms with Crippen molar-refractivity contribution in [3.63, 3.8) is 0 Å². The molecule has 9 nitrogen and oxygen atoms in total. The van der Waals surface area contributed by atoms with Gasteiger partial charge in [-0.2, -0.15) is 0 Å². The summed E-state index contributed by atoms with van der Waals surface area (Å²) in [5, 5.41) is 10.8. The lowest BCUT2D eigenvalue weighted by Gasteiger charge is -2.44. The summed E-state index contributed by atoms with van der Waals surface area (Å²) in [6, 6.07) is 2.53. The summed E-state index contributed by atoms with van der Waals surface area (Å²) in [6.45, 7) is 7.53. The van der Waals surface area contributed by atoms with Crippen LogP contribution in [0.2, 0.25) is 0 Å². The van der Waals surface area contributed by atoms with Crippen molar-refractivity contribution in [2.24, 2.45) is 0 Å². The molecular formula is C23H28F3N7O2S2. The first kappa shape index (κ1) is 26.2. The molecule has 1 aliphatic carbocycles. The van der Waals surface area contributed by atoms with Gasteiger partial charge in [0, 0.05) is 29.6 Å². The molecule has 14 heteroatoms. The molecule has 1 aromatic carbocycles. The van der Waals surface area contributed by atoms with Crippen LogP contribution in [0.15, 0.2) is 17.0 Å². The number of hydrogen-bond donors (Lipinski definition) is 2. The molecule has 2 aromatic heterocycles. The Bertz CT molecular complexity index is 1460. The molecule has 2 aliphatic rings. The first-order valence-corrected chi connectivity index (χ1v) is 14.2. The lowest BCUT2D eigenvalue weighted by Crippen LogP contribution is -2.63. The van der Waals surface area contributed by atoms with E-state index in [1.807, 2.05) is 25.7 Å². The Morgan fingerprint density at radius 3 is 2.57 bits per heavy atom. The number of nitrogens with one attached hydrogen (secondary N) is 2. The van der Waals surface area contributed by atoms with Crippen LogP contribution >= 0.6 is 11.3 Å². The lowest BCUT2D eigenvalue weighted by atomic mass is 9.97. The van der Waals surface area contributed by atoms with Crippen molar-refractivity contribution in [1.29, 1.82) is 0 Å². The summed E-state index contributed by atoms with van der Waals surface area (Å²) in [5.41, 5.74) is 0.175. The molecule has 0 spiro atoms. The third-order valence-electron chi connectivity index (χ3n) is 6.54. The number of aromatic nitrogens is 4. The van der Waals surface area contributed by atoms with Gasteiger partial charge in [-0.15, -0.1) is 10.2 Å². The largest absolute Gasteiger partial charge is 0.366 e. The van der Waals surface area contributed by atoms with Gasteiger partial charge in [-0.05, 0) is 52.7 Å². The Kier molecular flexibility index (Phi) is 6.44. The topological polar surface area (TPSA) is 113 Å². The Morgan fingerprint density at radius 1 is 1.22 bits per heavy atom. The van der Waals surface area contributed by atoms with Crippen molar-refractivity contribution >= 4 is 38.0 Å². The average molecular weight is 556 g/mol. The molecule has 0 amide bonds. The molecule has 0 bridgehead atoms. The van der Waals surface area contributed by atoms with E-state index in [0.717, 1.165) is 12.8 Å². The highest BCUT2D eigenvalue weighted by atomic mass is 32.2. The maximum atomic E-state index is 13.8. The number of hydrogen-bond acceptors (Lipinski definition) is 9. The van der Waals surface area contributed by atoms with Gasteiger partial charge in [0.15, 0.2) is 10.0 Å². The van der Waals surface area contributed by atoms with Crippen molar-refractivity contribution < 1.29 is 21.6 Å². The molecule has 2 fully saturated rings. The zero-order chi connectivity index (χ0) is 26.8. The normalized spacial score (nSPS) is 21.1. The highest BCUT2D eigenvalue weighted by molar-refractivity contribution is 7.89. The van der Waals surface area contributed by atoms with E-state index < -0.39 is 45.3 Å². The summed E-state index contributed by atoms with van der Waals surface area (Å²) in [7, 11) is -3.95. The average Bonchev–Trinajstić information content (AvgIpc) is 3.31. The van der Waals surface area contributed by atoms with Gasteiger partial charge < -0.3 is 10.2 Å². The molecule has 1 atom stereocenters. The Balaban J connectivity index is 1.74.